The van der Waals surface area contributed by atoms with Gasteiger partial charge in [-0.2, -0.15) is 0 Å². The Balaban J connectivity index is 2.99. The quantitative estimate of drug-likeness (QED) is 0.0359. The van der Waals surface area contributed by atoms with Crippen LogP contribution in [0.2, 0.25) is 0 Å². The van der Waals surface area contributed by atoms with Gasteiger partial charge in [0.05, 0.1) is 32.3 Å². The number of amides is 8. The Hall–Kier alpha value is -5.50. The molecule has 0 unspecified atom stereocenters. The van der Waals surface area contributed by atoms with E-state index in [0.717, 1.165) is 0 Å². The van der Waals surface area contributed by atoms with Crippen molar-refractivity contribution in [2.24, 2.45) is 17.4 Å². The van der Waals surface area contributed by atoms with E-state index in [4.69, 9.17) is 21.7 Å². The maximum absolute atomic E-state index is 13.5. The minimum Gasteiger partial charge on any atom is -0.481 e. The summed E-state index contributed by atoms with van der Waals surface area (Å²) in [4.78, 5) is 128. The zero-order valence-corrected chi connectivity index (χ0v) is 34.0. The summed E-state index contributed by atoms with van der Waals surface area (Å²) >= 11 is 0. The van der Waals surface area contributed by atoms with E-state index in [1.54, 1.807) is 13.8 Å². The normalized spacial score (nSPS) is 17.6. The monoisotopic (exact) mass is 860 g/mol. The van der Waals surface area contributed by atoms with E-state index in [1.165, 1.54) is 18.7 Å². The largest absolute Gasteiger partial charge is 0.481 e. The van der Waals surface area contributed by atoms with Gasteiger partial charge in [0.2, 0.25) is 47.3 Å². The fourth-order valence-corrected chi connectivity index (χ4v) is 5.82. The Kier molecular flexibility index (Phi) is 22.6. The summed E-state index contributed by atoms with van der Waals surface area (Å²) in [6, 6.07) is -12.7. The van der Waals surface area contributed by atoms with Gasteiger partial charge in [-0.3, -0.25) is 43.2 Å². The number of aliphatic carboxylic acids is 2. The third kappa shape index (κ3) is 16.6. The van der Waals surface area contributed by atoms with Crippen LogP contribution < -0.4 is 48.7 Å². The van der Waals surface area contributed by atoms with Crippen molar-refractivity contribution in [3.05, 3.63) is 0 Å². The summed E-state index contributed by atoms with van der Waals surface area (Å²) in [5.74, 6) is -10.6. The highest BCUT2D eigenvalue weighted by Gasteiger charge is 2.39. The molecule has 340 valence electrons. The van der Waals surface area contributed by atoms with Crippen LogP contribution in [0.25, 0.3) is 0 Å². The fraction of sp³-hybridized carbons (Fsp3) is 0.714. The van der Waals surface area contributed by atoms with Crippen LogP contribution in [0.5, 0.6) is 0 Å². The Morgan fingerprint density at radius 2 is 1.15 bits per heavy atom. The van der Waals surface area contributed by atoms with E-state index >= 15 is 0 Å². The molecule has 0 radical (unpaired) electrons. The average Bonchev–Trinajstić information content (AvgIpc) is 3.68. The molecule has 9 atom stereocenters. The predicted molar refractivity (Wildman–Crippen MR) is 206 cm³/mol. The van der Waals surface area contributed by atoms with Crippen LogP contribution in [0.15, 0.2) is 0 Å². The average molecular weight is 861 g/mol. The number of nitrogens with two attached hydrogens (primary N) is 2. The number of rotatable bonds is 26. The first-order valence-corrected chi connectivity index (χ1v) is 19.3. The number of nitrogens with zero attached hydrogens (tertiary/aromatic N) is 1. The maximum atomic E-state index is 13.5. The molecule has 0 bridgehead atoms. The van der Waals surface area contributed by atoms with Crippen molar-refractivity contribution in [2.75, 3.05) is 32.9 Å². The van der Waals surface area contributed by atoms with Gasteiger partial charge in [0.1, 0.15) is 48.3 Å². The third-order valence-corrected chi connectivity index (χ3v) is 9.31. The van der Waals surface area contributed by atoms with Crippen LogP contribution in [0.4, 0.5) is 0 Å². The fourth-order valence-electron chi connectivity index (χ4n) is 5.82. The summed E-state index contributed by atoms with van der Waals surface area (Å²) in [6.07, 6.45) is 0.609. The molecule has 0 saturated carbocycles. The number of unbranched alkanes of at least 4 members (excludes halogenated alkanes) is 1. The number of carbonyl (C=O) groups is 10. The number of likely N-dealkylation sites (tertiary alicyclic amines) is 1. The molecule has 1 saturated heterocycles. The van der Waals surface area contributed by atoms with Crippen molar-refractivity contribution in [3.63, 3.8) is 0 Å². The molecule has 60 heavy (non-hydrogen) atoms. The maximum Gasteiger partial charge on any atom is 0.328 e. The lowest BCUT2D eigenvalue weighted by Gasteiger charge is -2.29. The molecule has 1 fully saturated rings. The number of nitrogens with one attached hydrogen (secondary N) is 7. The highest BCUT2D eigenvalue weighted by Crippen LogP contribution is 2.19. The van der Waals surface area contributed by atoms with E-state index in [-0.39, 0.29) is 25.9 Å². The molecular formula is C35H60N10O15. The van der Waals surface area contributed by atoms with Crippen LogP contribution in [-0.2, 0) is 47.9 Å². The zero-order valence-electron chi connectivity index (χ0n) is 34.0. The molecule has 1 aliphatic rings. The smallest absolute Gasteiger partial charge is 0.328 e. The second kappa shape index (κ2) is 25.9. The van der Waals surface area contributed by atoms with Crippen LogP contribution >= 0.6 is 0 Å². The summed E-state index contributed by atoms with van der Waals surface area (Å²) < 4.78 is 0. The summed E-state index contributed by atoms with van der Waals surface area (Å²) in [6.45, 7) is 3.33. The molecule has 1 heterocycles. The minimum atomic E-state index is -1.72. The second-order valence-corrected chi connectivity index (χ2v) is 14.5. The number of aliphatic hydroxyl groups is 3. The molecule has 0 spiro atoms. The summed E-state index contributed by atoms with van der Waals surface area (Å²) in [5.41, 5.74) is 11.1. The standard InChI is InChI=1S/C35H60N10O15/c1-16(2)26(33(57)40-20(8-5-6-10-36)29(53)42-22(14-47)31(55)43-23(15-48)35(59)60)44-27(51)17(3)38-32(56)24-9-7-11-45(24)34(58)18(4)39-30(54)21(13-46)41-28(52)19(37)12-25(49)50/h16-24,26,46-48H,5-15,36-37H2,1-4H3,(H,38,56)(H,39,54)(H,40,57)(H,41,52)(H,42,53)(H,43,55)(H,44,51)(H,49,50)(H,59,60)/t17-,18-,19-,20-,21-,22-,23-,24-,26-/m0/s1. The van der Waals surface area contributed by atoms with Crippen LogP contribution in [0.1, 0.15) is 66.2 Å². The highest BCUT2D eigenvalue weighted by molar-refractivity contribution is 5.98. The first-order chi connectivity index (χ1) is 28.1. The number of carbonyl (C=O) groups excluding carboxylic acids is 8. The van der Waals surface area contributed by atoms with E-state index in [2.05, 4.69) is 31.9 Å². The zero-order chi connectivity index (χ0) is 45.9. The number of hydrogen-bond donors (Lipinski definition) is 14. The van der Waals surface area contributed by atoms with Crippen molar-refractivity contribution in [1.82, 2.24) is 42.1 Å². The van der Waals surface area contributed by atoms with Gasteiger partial charge in [0.25, 0.3) is 0 Å². The third-order valence-electron chi connectivity index (χ3n) is 9.31. The van der Waals surface area contributed by atoms with E-state index < -0.39 is 146 Å². The number of aliphatic hydroxyl groups excluding tert-OH is 3. The molecule has 0 aliphatic carbocycles. The van der Waals surface area contributed by atoms with Gasteiger partial charge in [-0.1, -0.05) is 13.8 Å². The predicted octanol–water partition coefficient (Wildman–Crippen LogP) is -6.94. The van der Waals surface area contributed by atoms with Crippen molar-refractivity contribution in [1.29, 1.82) is 0 Å². The van der Waals surface area contributed by atoms with E-state index in [0.29, 0.717) is 19.3 Å². The Morgan fingerprint density at radius 3 is 1.67 bits per heavy atom. The van der Waals surface area contributed by atoms with Crippen molar-refractivity contribution >= 4 is 59.2 Å². The van der Waals surface area contributed by atoms with Gasteiger partial charge in [0.15, 0.2) is 0 Å². The lowest BCUT2D eigenvalue weighted by atomic mass is 10.0. The SMILES string of the molecule is CC(C)[C@H](NC(=O)[C@H](C)NC(=O)[C@@H]1CCCN1C(=O)[C@H](C)NC(=O)[C@H](CO)NC(=O)[C@@H](N)CC(=O)O)C(=O)N[C@@H](CCCCN)C(=O)N[C@@H](CO)C(=O)N[C@@H](CO)C(=O)O. The number of hydrogen-bond acceptors (Lipinski definition) is 15. The lowest BCUT2D eigenvalue weighted by Crippen LogP contribution is -2.60. The summed E-state index contributed by atoms with van der Waals surface area (Å²) in [7, 11) is 0. The second-order valence-electron chi connectivity index (χ2n) is 14.5. The van der Waals surface area contributed by atoms with Crippen molar-refractivity contribution < 1.29 is 73.5 Å². The van der Waals surface area contributed by atoms with Gasteiger partial charge < -0.3 is 79.1 Å². The van der Waals surface area contributed by atoms with Crippen LogP contribution in [0, 0.1) is 5.92 Å². The lowest BCUT2D eigenvalue weighted by molar-refractivity contribution is -0.143. The minimum absolute atomic E-state index is 0.00887. The molecule has 1 rings (SSSR count). The molecule has 0 aromatic carbocycles. The van der Waals surface area contributed by atoms with Crippen LogP contribution in [0.3, 0.4) is 0 Å². The molecule has 1 aliphatic heterocycles. The Labute approximate surface area is 345 Å². The molecule has 0 aromatic rings. The van der Waals surface area contributed by atoms with Gasteiger partial charge in [-0.25, -0.2) is 4.79 Å². The first-order valence-electron chi connectivity index (χ1n) is 19.3. The Morgan fingerprint density at radius 1 is 0.633 bits per heavy atom. The molecule has 8 amide bonds. The van der Waals surface area contributed by atoms with Gasteiger partial charge in [-0.05, 0) is 58.4 Å². The van der Waals surface area contributed by atoms with E-state index in [9.17, 15) is 63.3 Å². The first kappa shape index (κ1) is 52.5. The van der Waals surface area contributed by atoms with Gasteiger partial charge in [-0.15, -0.1) is 0 Å². The molecule has 16 N–H and O–H groups in total. The number of carboxylic acid groups (broad SMARTS) is 2. The molecule has 25 nitrogen and oxygen atoms in total. The highest BCUT2D eigenvalue weighted by atomic mass is 16.4. The van der Waals surface area contributed by atoms with Crippen molar-refractivity contribution in [3.8, 4) is 0 Å². The molecular weight excluding hydrogens is 800 g/mol. The number of carboxylic acids is 2. The molecule has 0 aromatic heterocycles. The summed E-state index contributed by atoms with van der Waals surface area (Å²) in [5, 5.41) is 62.7. The van der Waals surface area contributed by atoms with Gasteiger partial charge >= 0.3 is 11.9 Å². The van der Waals surface area contributed by atoms with Crippen molar-refractivity contribution in [2.45, 2.75) is 121 Å². The van der Waals surface area contributed by atoms with Gasteiger partial charge in [0, 0.05) is 6.54 Å². The van der Waals surface area contributed by atoms with Crippen LogP contribution in [-0.4, -0.2) is 177 Å². The Bertz CT molecular complexity index is 1550. The van der Waals surface area contributed by atoms with E-state index in [1.807, 2.05) is 5.32 Å². The topological polar surface area (TPSA) is 411 Å². The molecule has 25 heteroatoms.